The first-order chi connectivity index (χ1) is 10.7. The van der Waals surface area contributed by atoms with Gasteiger partial charge in [0.1, 0.15) is 11.8 Å². The second-order valence-electron chi connectivity index (χ2n) is 4.53. The highest BCUT2D eigenvalue weighted by atomic mass is 35.5. The zero-order chi connectivity index (χ0) is 15.5. The summed E-state index contributed by atoms with van der Waals surface area (Å²) >= 11 is 5.41. The van der Waals surface area contributed by atoms with Crippen molar-refractivity contribution in [2.45, 2.75) is 0 Å². The molecule has 1 heterocycles. The van der Waals surface area contributed by atoms with Gasteiger partial charge in [-0.2, -0.15) is 5.26 Å². The second kappa shape index (κ2) is 5.84. The summed E-state index contributed by atoms with van der Waals surface area (Å²) in [6.07, 6.45) is 0. The molecule has 5 heteroatoms. The molecule has 0 aliphatic rings. The van der Waals surface area contributed by atoms with E-state index in [0.29, 0.717) is 22.7 Å². The SMILES string of the molecule is N#Cc1oc(-c2ccc(C(=O)Cl)cc2)nc1-c1ccccc1. The minimum Gasteiger partial charge on any atom is -0.425 e. The minimum atomic E-state index is -0.526. The largest absolute Gasteiger partial charge is 0.425 e. The van der Waals surface area contributed by atoms with Crippen LogP contribution < -0.4 is 0 Å². The Bertz CT molecular complexity index is 862. The number of hydrogen-bond donors (Lipinski definition) is 0. The van der Waals surface area contributed by atoms with Gasteiger partial charge in [0.15, 0.2) is 0 Å². The first-order valence-corrected chi connectivity index (χ1v) is 6.83. The molecule has 1 aromatic heterocycles. The van der Waals surface area contributed by atoms with Crippen LogP contribution in [0.4, 0.5) is 0 Å². The summed E-state index contributed by atoms with van der Waals surface area (Å²) in [5, 5.41) is 8.68. The lowest BCUT2D eigenvalue weighted by molar-refractivity contribution is 0.108. The van der Waals surface area contributed by atoms with Crippen molar-refractivity contribution >= 4 is 16.8 Å². The summed E-state index contributed by atoms with van der Waals surface area (Å²) in [5.41, 5.74) is 2.36. The monoisotopic (exact) mass is 308 g/mol. The zero-order valence-electron chi connectivity index (χ0n) is 11.3. The smallest absolute Gasteiger partial charge is 0.252 e. The van der Waals surface area contributed by atoms with Crippen LogP contribution in [0, 0.1) is 11.3 Å². The van der Waals surface area contributed by atoms with Crippen molar-refractivity contribution in [1.82, 2.24) is 4.98 Å². The third-order valence-electron chi connectivity index (χ3n) is 3.13. The number of carbonyl (C=O) groups is 1. The van der Waals surface area contributed by atoms with E-state index in [0.717, 1.165) is 5.56 Å². The molecular formula is C17H9ClN2O2. The molecule has 0 radical (unpaired) electrons. The van der Waals surface area contributed by atoms with E-state index < -0.39 is 5.24 Å². The quantitative estimate of drug-likeness (QED) is 0.678. The Kier molecular flexibility index (Phi) is 3.73. The normalized spacial score (nSPS) is 10.2. The molecule has 0 fully saturated rings. The molecule has 0 saturated heterocycles. The molecule has 0 atom stereocenters. The van der Waals surface area contributed by atoms with Crippen LogP contribution in [0.5, 0.6) is 0 Å². The molecule has 3 rings (SSSR count). The van der Waals surface area contributed by atoms with Crippen molar-refractivity contribution in [2.75, 3.05) is 0 Å². The van der Waals surface area contributed by atoms with Gasteiger partial charge in [-0.05, 0) is 35.9 Å². The Balaban J connectivity index is 2.04. The Morgan fingerprint density at radius 3 is 2.32 bits per heavy atom. The first-order valence-electron chi connectivity index (χ1n) is 6.45. The van der Waals surface area contributed by atoms with Crippen LogP contribution >= 0.6 is 11.6 Å². The summed E-state index contributed by atoms with van der Waals surface area (Å²) in [7, 11) is 0. The van der Waals surface area contributed by atoms with Crippen molar-refractivity contribution in [2.24, 2.45) is 0 Å². The number of hydrogen-bond acceptors (Lipinski definition) is 4. The fraction of sp³-hybridized carbons (Fsp3) is 0. The van der Waals surface area contributed by atoms with Gasteiger partial charge in [0.05, 0.1) is 0 Å². The minimum absolute atomic E-state index is 0.152. The van der Waals surface area contributed by atoms with E-state index in [-0.39, 0.29) is 5.76 Å². The average molecular weight is 309 g/mol. The van der Waals surface area contributed by atoms with Gasteiger partial charge in [-0.1, -0.05) is 30.3 Å². The Labute approximate surface area is 131 Å². The van der Waals surface area contributed by atoms with Gasteiger partial charge in [0, 0.05) is 16.7 Å². The molecule has 0 amide bonds. The van der Waals surface area contributed by atoms with E-state index in [1.54, 1.807) is 24.3 Å². The van der Waals surface area contributed by atoms with Gasteiger partial charge in [-0.15, -0.1) is 0 Å². The predicted molar refractivity (Wildman–Crippen MR) is 82.3 cm³/mol. The van der Waals surface area contributed by atoms with Crippen LogP contribution in [0.2, 0.25) is 0 Å². The summed E-state index contributed by atoms with van der Waals surface area (Å²) in [6, 6.07) is 17.9. The molecule has 0 aliphatic carbocycles. The summed E-state index contributed by atoms with van der Waals surface area (Å²) in [4.78, 5) is 15.5. The average Bonchev–Trinajstić information content (AvgIpc) is 3.00. The number of nitrogens with zero attached hydrogens (tertiary/aromatic N) is 2. The lowest BCUT2D eigenvalue weighted by atomic mass is 10.1. The molecule has 0 spiro atoms. The van der Waals surface area contributed by atoms with Gasteiger partial charge in [0.2, 0.25) is 11.7 Å². The lowest BCUT2D eigenvalue weighted by Gasteiger charge is -1.96. The third-order valence-corrected chi connectivity index (χ3v) is 3.35. The molecule has 106 valence electrons. The van der Waals surface area contributed by atoms with Crippen LogP contribution in [-0.4, -0.2) is 10.2 Å². The van der Waals surface area contributed by atoms with Gasteiger partial charge in [0.25, 0.3) is 5.24 Å². The van der Waals surface area contributed by atoms with Gasteiger partial charge in [-0.25, -0.2) is 4.98 Å². The van der Waals surface area contributed by atoms with Crippen molar-refractivity contribution in [3.8, 4) is 28.8 Å². The maximum atomic E-state index is 11.1. The molecule has 0 saturated carbocycles. The van der Waals surface area contributed by atoms with Crippen LogP contribution in [0.3, 0.4) is 0 Å². The van der Waals surface area contributed by atoms with E-state index in [2.05, 4.69) is 4.98 Å². The Morgan fingerprint density at radius 2 is 1.73 bits per heavy atom. The third kappa shape index (κ3) is 2.62. The van der Waals surface area contributed by atoms with E-state index in [4.69, 9.17) is 16.0 Å². The van der Waals surface area contributed by atoms with Crippen LogP contribution in [-0.2, 0) is 0 Å². The maximum absolute atomic E-state index is 11.1. The maximum Gasteiger partial charge on any atom is 0.252 e. The van der Waals surface area contributed by atoms with E-state index in [9.17, 15) is 10.1 Å². The summed E-state index contributed by atoms with van der Waals surface area (Å²) in [6.45, 7) is 0. The molecule has 0 unspecified atom stereocenters. The van der Waals surface area contributed by atoms with Gasteiger partial charge >= 0.3 is 0 Å². The van der Waals surface area contributed by atoms with Crippen molar-refractivity contribution in [1.29, 1.82) is 5.26 Å². The molecule has 3 aromatic rings. The predicted octanol–water partition coefficient (Wildman–Crippen LogP) is 4.26. The molecular weight excluding hydrogens is 300 g/mol. The summed E-state index contributed by atoms with van der Waals surface area (Å²) in [5.74, 6) is 0.475. The van der Waals surface area contributed by atoms with Crippen molar-refractivity contribution < 1.29 is 9.21 Å². The van der Waals surface area contributed by atoms with Crippen molar-refractivity contribution in [3.63, 3.8) is 0 Å². The number of rotatable bonds is 3. The Morgan fingerprint density at radius 1 is 1.05 bits per heavy atom. The molecule has 2 aromatic carbocycles. The molecule has 0 N–H and O–H groups in total. The standard InChI is InChI=1S/C17H9ClN2O2/c18-16(21)12-6-8-13(9-7-12)17-20-15(14(10-19)22-17)11-4-2-1-3-5-11/h1-9H. The molecule has 0 aliphatic heterocycles. The first kappa shape index (κ1) is 14.1. The number of aromatic nitrogens is 1. The molecule has 22 heavy (non-hydrogen) atoms. The topological polar surface area (TPSA) is 66.9 Å². The van der Waals surface area contributed by atoms with Crippen molar-refractivity contribution in [3.05, 3.63) is 65.9 Å². The number of benzene rings is 2. The number of oxazole rings is 1. The van der Waals surface area contributed by atoms with Gasteiger partial charge in [-0.3, -0.25) is 4.79 Å². The van der Waals surface area contributed by atoms with E-state index in [1.165, 1.54) is 0 Å². The summed E-state index contributed by atoms with van der Waals surface area (Å²) < 4.78 is 5.51. The number of halogens is 1. The van der Waals surface area contributed by atoms with Crippen LogP contribution in [0.15, 0.2) is 59.0 Å². The second-order valence-corrected chi connectivity index (χ2v) is 4.87. The highest BCUT2D eigenvalue weighted by molar-refractivity contribution is 6.67. The fourth-order valence-electron chi connectivity index (χ4n) is 2.05. The fourth-order valence-corrected chi connectivity index (χ4v) is 2.18. The lowest BCUT2D eigenvalue weighted by Crippen LogP contribution is -1.88. The molecule has 4 nitrogen and oxygen atoms in total. The Hall–Kier alpha value is -2.90. The molecule has 0 bridgehead atoms. The highest BCUT2D eigenvalue weighted by Crippen LogP contribution is 2.28. The van der Waals surface area contributed by atoms with Crippen LogP contribution in [0.1, 0.15) is 16.1 Å². The van der Waals surface area contributed by atoms with E-state index in [1.807, 2.05) is 36.4 Å². The highest BCUT2D eigenvalue weighted by Gasteiger charge is 2.16. The van der Waals surface area contributed by atoms with E-state index >= 15 is 0 Å². The number of nitriles is 1. The van der Waals surface area contributed by atoms with Crippen LogP contribution in [0.25, 0.3) is 22.7 Å². The van der Waals surface area contributed by atoms with Gasteiger partial charge < -0.3 is 4.42 Å². The number of carbonyl (C=O) groups excluding carboxylic acids is 1. The zero-order valence-corrected chi connectivity index (χ0v) is 12.0.